The molecule has 46 heavy (non-hydrogen) atoms. The average Bonchev–Trinajstić information content (AvgIpc) is 3.60. The Morgan fingerprint density at radius 1 is 0.435 bits per heavy atom. The van der Waals surface area contributed by atoms with Gasteiger partial charge < -0.3 is 0 Å². The molecule has 0 saturated carbocycles. The largest absolute Gasteiger partial charge is 0.0642 e. The second-order valence-electron chi connectivity index (χ2n) is 12.8. The third-order valence-electron chi connectivity index (χ3n) is 10.8. The number of halogens is 1. The first-order valence-corrected chi connectivity index (χ1v) is 17.2. The van der Waals surface area contributed by atoms with Crippen LogP contribution in [0, 0.1) is 0 Å². The van der Waals surface area contributed by atoms with E-state index in [0.717, 1.165) is 17.3 Å². The van der Waals surface area contributed by atoms with Crippen molar-refractivity contribution >= 4 is 26.7 Å². The van der Waals surface area contributed by atoms with E-state index in [1.165, 1.54) is 88.7 Å². The maximum atomic E-state index is 3.78. The van der Waals surface area contributed by atoms with Gasteiger partial charge in [0.25, 0.3) is 0 Å². The minimum Gasteiger partial charge on any atom is -0.0642 e. The van der Waals surface area contributed by atoms with Gasteiger partial charge in [0.15, 0.2) is 0 Å². The molecule has 9 rings (SSSR count). The molecule has 0 amide bonds. The first-order valence-electron chi connectivity index (χ1n) is 16.4. The zero-order chi connectivity index (χ0) is 31.0. The fourth-order valence-electron chi connectivity index (χ4n) is 8.59. The van der Waals surface area contributed by atoms with Crippen molar-refractivity contribution in [2.75, 3.05) is 0 Å². The van der Waals surface area contributed by atoms with Crippen molar-refractivity contribution in [1.29, 1.82) is 0 Å². The van der Waals surface area contributed by atoms with Crippen LogP contribution >= 0.6 is 15.9 Å². The zero-order valence-electron chi connectivity index (χ0n) is 26.1. The smallest absolute Gasteiger partial charge is 0.0210 e. The molecule has 2 aliphatic carbocycles. The van der Waals surface area contributed by atoms with Gasteiger partial charge in [0.2, 0.25) is 0 Å². The quantitative estimate of drug-likeness (QED) is 0.173. The molecule has 7 aromatic rings. The molecular formula is C45H33Br. The van der Waals surface area contributed by atoms with E-state index >= 15 is 0 Å². The Bertz CT molecular complexity index is 2320. The fraction of sp³-hybridized carbons (Fsp3) is 0.111. The van der Waals surface area contributed by atoms with Gasteiger partial charge in [-0.05, 0) is 120 Å². The SMILES string of the molecule is CCC1(CC)c2cc(Br)ccc2-c2ccc(-c3ccc4cccc5c4c3-c3c(-c4ccccc4)ccc(-c4ccccc4)c3-5)cc21. The molecule has 0 nitrogen and oxygen atoms in total. The summed E-state index contributed by atoms with van der Waals surface area (Å²) in [4.78, 5) is 0. The van der Waals surface area contributed by atoms with E-state index in [2.05, 4.69) is 169 Å². The van der Waals surface area contributed by atoms with Crippen LogP contribution in [-0.2, 0) is 5.41 Å². The topological polar surface area (TPSA) is 0 Å². The summed E-state index contributed by atoms with van der Waals surface area (Å²) in [7, 11) is 0. The lowest BCUT2D eigenvalue weighted by Gasteiger charge is -2.30. The summed E-state index contributed by atoms with van der Waals surface area (Å²) in [6, 6.07) is 52.2. The van der Waals surface area contributed by atoms with Gasteiger partial charge in [0.05, 0.1) is 0 Å². The van der Waals surface area contributed by atoms with E-state index in [-0.39, 0.29) is 5.41 Å². The molecule has 0 N–H and O–H groups in total. The Hall–Kier alpha value is -4.72. The van der Waals surface area contributed by atoms with E-state index in [1.807, 2.05) is 0 Å². The van der Waals surface area contributed by atoms with Crippen molar-refractivity contribution in [3.63, 3.8) is 0 Å². The van der Waals surface area contributed by atoms with Crippen LogP contribution in [0.15, 0.2) is 144 Å². The molecule has 0 spiro atoms. The lowest BCUT2D eigenvalue weighted by atomic mass is 9.73. The highest BCUT2D eigenvalue weighted by molar-refractivity contribution is 9.10. The summed E-state index contributed by atoms with van der Waals surface area (Å²) < 4.78 is 1.15. The lowest BCUT2D eigenvalue weighted by molar-refractivity contribution is 0.490. The second kappa shape index (κ2) is 10.4. The van der Waals surface area contributed by atoms with Crippen LogP contribution in [0.1, 0.15) is 37.8 Å². The molecule has 0 heterocycles. The highest BCUT2D eigenvalue weighted by atomic mass is 79.9. The summed E-state index contributed by atoms with van der Waals surface area (Å²) in [5.74, 6) is 0. The molecule has 0 atom stereocenters. The number of hydrogen-bond acceptors (Lipinski definition) is 0. The lowest BCUT2D eigenvalue weighted by Crippen LogP contribution is -2.23. The van der Waals surface area contributed by atoms with Gasteiger partial charge in [-0.25, -0.2) is 0 Å². The Morgan fingerprint density at radius 3 is 1.67 bits per heavy atom. The summed E-state index contributed by atoms with van der Waals surface area (Å²) in [6.45, 7) is 4.71. The normalized spacial score (nSPS) is 13.5. The molecule has 0 saturated heterocycles. The van der Waals surface area contributed by atoms with Gasteiger partial charge in [0, 0.05) is 9.89 Å². The van der Waals surface area contributed by atoms with Gasteiger partial charge in [-0.2, -0.15) is 0 Å². The first kappa shape index (κ1) is 27.6. The minimum atomic E-state index is 0.000390. The van der Waals surface area contributed by atoms with Crippen molar-refractivity contribution in [3.8, 4) is 66.8 Å². The van der Waals surface area contributed by atoms with Gasteiger partial charge in [-0.15, -0.1) is 0 Å². The van der Waals surface area contributed by atoms with E-state index in [4.69, 9.17) is 0 Å². The molecule has 1 heteroatoms. The third kappa shape index (κ3) is 3.79. The van der Waals surface area contributed by atoms with E-state index in [9.17, 15) is 0 Å². The molecule has 0 fully saturated rings. The number of fused-ring (bicyclic) bond motifs is 6. The Labute approximate surface area is 279 Å². The van der Waals surface area contributed by atoms with Crippen LogP contribution in [0.25, 0.3) is 77.5 Å². The van der Waals surface area contributed by atoms with E-state index < -0.39 is 0 Å². The second-order valence-corrected chi connectivity index (χ2v) is 13.7. The van der Waals surface area contributed by atoms with Crippen LogP contribution in [0.5, 0.6) is 0 Å². The van der Waals surface area contributed by atoms with Crippen molar-refractivity contribution < 1.29 is 0 Å². The molecule has 0 unspecified atom stereocenters. The summed E-state index contributed by atoms with van der Waals surface area (Å²) >= 11 is 3.78. The van der Waals surface area contributed by atoms with Crippen LogP contribution in [0.3, 0.4) is 0 Å². The highest BCUT2D eigenvalue weighted by Gasteiger charge is 2.41. The Balaban J connectivity index is 1.36. The number of hydrogen-bond donors (Lipinski definition) is 0. The molecule has 0 aliphatic heterocycles. The highest BCUT2D eigenvalue weighted by Crippen LogP contribution is 2.59. The summed E-state index contributed by atoms with van der Waals surface area (Å²) in [5, 5.41) is 2.65. The molecule has 7 aromatic carbocycles. The third-order valence-corrected chi connectivity index (χ3v) is 11.3. The van der Waals surface area contributed by atoms with E-state index in [0.29, 0.717) is 0 Å². The van der Waals surface area contributed by atoms with Gasteiger partial charge in [0.1, 0.15) is 0 Å². The number of rotatable bonds is 5. The fourth-order valence-corrected chi connectivity index (χ4v) is 8.95. The molecule has 2 aliphatic rings. The Morgan fingerprint density at radius 2 is 1.00 bits per heavy atom. The molecule has 0 bridgehead atoms. The van der Waals surface area contributed by atoms with Crippen molar-refractivity contribution in [1.82, 2.24) is 0 Å². The van der Waals surface area contributed by atoms with Gasteiger partial charge in [-0.3, -0.25) is 0 Å². The first-order chi connectivity index (χ1) is 22.6. The predicted octanol–water partition coefficient (Wildman–Crippen LogP) is 13.3. The summed E-state index contributed by atoms with van der Waals surface area (Å²) in [5.41, 5.74) is 18.7. The summed E-state index contributed by atoms with van der Waals surface area (Å²) in [6.07, 6.45) is 2.14. The molecular weight excluding hydrogens is 620 g/mol. The van der Waals surface area contributed by atoms with Crippen LogP contribution in [0.2, 0.25) is 0 Å². The minimum absolute atomic E-state index is 0.000390. The maximum absolute atomic E-state index is 3.78. The predicted molar refractivity (Wildman–Crippen MR) is 199 cm³/mol. The van der Waals surface area contributed by atoms with Crippen molar-refractivity contribution in [2.24, 2.45) is 0 Å². The van der Waals surface area contributed by atoms with Crippen molar-refractivity contribution in [3.05, 3.63) is 155 Å². The van der Waals surface area contributed by atoms with Gasteiger partial charge >= 0.3 is 0 Å². The van der Waals surface area contributed by atoms with Crippen LogP contribution in [-0.4, -0.2) is 0 Å². The molecule has 220 valence electrons. The maximum Gasteiger partial charge on any atom is 0.0210 e. The van der Waals surface area contributed by atoms with Crippen molar-refractivity contribution in [2.45, 2.75) is 32.1 Å². The molecule has 0 radical (unpaired) electrons. The Kier molecular flexibility index (Phi) is 6.24. The zero-order valence-corrected chi connectivity index (χ0v) is 27.7. The van der Waals surface area contributed by atoms with E-state index in [1.54, 1.807) is 0 Å². The molecule has 0 aromatic heterocycles. The van der Waals surface area contributed by atoms with Crippen LogP contribution in [0.4, 0.5) is 0 Å². The van der Waals surface area contributed by atoms with Gasteiger partial charge in [-0.1, -0.05) is 151 Å². The number of benzene rings is 7. The average molecular weight is 654 g/mol. The monoisotopic (exact) mass is 652 g/mol. The standard InChI is InChI=1S/C45H33Br/c1-3-45(4-2)39-26-31(19-22-36(39)37-23-20-32(46)27-40(37)45)35-21-18-30-16-11-17-38-41(30)43(35)44-34(29-14-9-6-10-15-29)25-24-33(42(38)44)28-12-7-5-8-13-28/h5-27H,3-4H2,1-2H3. The van der Waals surface area contributed by atoms with Crippen LogP contribution < -0.4 is 0 Å².